The number of methoxy groups -OCH3 is 2. The van der Waals surface area contributed by atoms with E-state index in [1.54, 1.807) is 24.1 Å². The van der Waals surface area contributed by atoms with Crippen molar-refractivity contribution >= 4 is 33.4 Å². The number of nitrogens with one attached hydrogen (secondary N) is 1. The minimum absolute atomic E-state index is 0.0729. The van der Waals surface area contributed by atoms with Crippen LogP contribution in [-0.2, 0) is 11.3 Å². The molecule has 0 unspecified atom stereocenters. The van der Waals surface area contributed by atoms with Crippen molar-refractivity contribution in [1.82, 2.24) is 20.2 Å². The molecule has 33 heavy (non-hydrogen) atoms. The van der Waals surface area contributed by atoms with E-state index in [0.29, 0.717) is 47.3 Å². The van der Waals surface area contributed by atoms with Crippen molar-refractivity contribution in [3.63, 3.8) is 0 Å². The van der Waals surface area contributed by atoms with Crippen molar-refractivity contribution < 1.29 is 23.5 Å². The molecule has 3 heterocycles. The number of benzene rings is 1. The van der Waals surface area contributed by atoms with Crippen LogP contribution in [0.15, 0.2) is 24.3 Å². The Morgan fingerprint density at radius 3 is 2.61 bits per heavy atom. The third-order valence-electron chi connectivity index (χ3n) is 5.70. The molecule has 1 aliphatic rings. The summed E-state index contributed by atoms with van der Waals surface area (Å²) in [5.41, 5.74) is 0.837. The summed E-state index contributed by atoms with van der Waals surface area (Å²) in [6.07, 6.45) is 1.19. The lowest BCUT2D eigenvalue weighted by molar-refractivity contribution is 0.0694. The van der Waals surface area contributed by atoms with Gasteiger partial charge < -0.3 is 19.7 Å². The second-order valence-corrected chi connectivity index (χ2v) is 8.84. The van der Waals surface area contributed by atoms with Crippen molar-refractivity contribution in [3.8, 4) is 5.88 Å². The summed E-state index contributed by atoms with van der Waals surface area (Å²) in [5, 5.41) is 3.79. The van der Waals surface area contributed by atoms with Gasteiger partial charge in [-0.3, -0.25) is 9.59 Å². The summed E-state index contributed by atoms with van der Waals surface area (Å²) in [6, 6.07) is 5.90. The van der Waals surface area contributed by atoms with Crippen LogP contribution in [0.4, 0.5) is 4.39 Å². The predicted octanol–water partition coefficient (Wildman–Crippen LogP) is 3.33. The first-order chi connectivity index (χ1) is 15.9. The maximum Gasteiger partial charge on any atom is 0.261 e. The smallest absolute Gasteiger partial charge is 0.261 e. The number of hydrogen-bond acceptors (Lipinski definition) is 7. The van der Waals surface area contributed by atoms with Gasteiger partial charge >= 0.3 is 0 Å². The minimum atomic E-state index is -0.523. The zero-order valence-corrected chi connectivity index (χ0v) is 19.5. The van der Waals surface area contributed by atoms with Gasteiger partial charge in [0.25, 0.3) is 11.8 Å². The van der Waals surface area contributed by atoms with Crippen molar-refractivity contribution in [2.75, 3.05) is 27.3 Å². The lowest BCUT2D eigenvalue weighted by Gasteiger charge is -2.32. The molecular weight excluding hydrogens is 447 g/mol. The Hall–Kier alpha value is -3.11. The first-order valence-corrected chi connectivity index (χ1v) is 11.4. The minimum Gasteiger partial charge on any atom is -0.480 e. The second kappa shape index (κ2) is 9.80. The summed E-state index contributed by atoms with van der Waals surface area (Å²) in [5.74, 6) is -0.132. The average Bonchev–Trinajstić information content (AvgIpc) is 3.15. The molecule has 4 rings (SSSR count). The van der Waals surface area contributed by atoms with Crippen molar-refractivity contribution in [2.45, 2.75) is 32.4 Å². The molecule has 8 nitrogen and oxygen atoms in total. The van der Waals surface area contributed by atoms with E-state index in [9.17, 15) is 14.0 Å². The van der Waals surface area contributed by atoms with Gasteiger partial charge in [-0.25, -0.2) is 9.37 Å². The van der Waals surface area contributed by atoms with Crippen LogP contribution in [0.3, 0.4) is 0 Å². The number of thiophene rings is 1. The normalized spacial score (nSPS) is 14.5. The van der Waals surface area contributed by atoms with E-state index in [1.807, 2.05) is 6.92 Å². The van der Waals surface area contributed by atoms with Crippen LogP contribution in [0.5, 0.6) is 5.88 Å². The number of fused-ring (bicyclic) bond motifs is 1. The lowest BCUT2D eigenvalue weighted by atomic mass is 10.0. The van der Waals surface area contributed by atoms with Gasteiger partial charge in [-0.05, 0) is 37.5 Å². The largest absolute Gasteiger partial charge is 0.480 e. The number of nitrogens with zero attached hydrogens (tertiary/aromatic N) is 3. The fourth-order valence-corrected chi connectivity index (χ4v) is 5.08. The number of aryl methyl sites for hydroxylation is 1. The maximum atomic E-state index is 14.0. The van der Waals surface area contributed by atoms with Gasteiger partial charge in [0.1, 0.15) is 17.3 Å². The molecule has 1 aromatic carbocycles. The summed E-state index contributed by atoms with van der Waals surface area (Å²) in [4.78, 5) is 37.4. The molecule has 0 saturated carbocycles. The fourth-order valence-electron chi connectivity index (χ4n) is 3.98. The van der Waals surface area contributed by atoms with E-state index < -0.39 is 5.82 Å². The summed E-state index contributed by atoms with van der Waals surface area (Å²) < 4.78 is 24.5. The number of hydrogen-bond donors (Lipinski definition) is 1. The second-order valence-electron chi connectivity index (χ2n) is 7.84. The molecule has 0 aliphatic carbocycles. The maximum absolute atomic E-state index is 14.0. The van der Waals surface area contributed by atoms with Crippen molar-refractivity contribution in [2.24, 2.45) is 0 Å². The van der Waals surface area contributed by atoms with Crippen LogP contribution >= 0.6 is 11.3 Å². The van der Waals surface area contributed by atoms with Crippen LogP contribution in [0.1, 0.15) is 44.3 Å². The quantitative estimate of drug-likeness (QED) is 0.592. The van der Waals surface area contributed by atoms with Gasteiger partial charge in [0.15, 0.2) is 5.82 Å². The first-order valence-electron chi connectivity index (χ1n) is 10.6. The summed E-state index contributed by atoms with van der Waals surface area (Å²) in [6.45, 7) is 2.99. The third-order valence-corrected chi connectivity index (χ3v) is 6.88. The Morgan fingerprint density at radius 1 is 1.21 bits per heavy atom. The van der Waals surface area contributed by atoms with Gasteiger partial charge in [0.2, 0.25) is 5.88 Å². The number of carbonyl (C=O) groups excluding carboxylic acids is 2. The topological polar surface area (TPSA) is 93.7 Å². The number of likely N-dealkylation sites (tertiary alicyclic amines) is 1. The van der Waals surface area contributed by atoms with Gasteiger partial charge in [-0.2, -0.15) is 4.98 Å². The van der Waals surface area contributed by atoms with Gasteiger partial charge in [-0.1, -0.05) is 12.1 Å². The molecule has 2 aromatic heterocycles. The SMILES string of the molecule is COCc1nc(OC)c2c(C)c(C(=O)NC3CCN(C(=O)c4ccccc4F)CC3)sc2n1. The van der Waals surface area contributed by atoms with Gasteiger partial charge in [0.05, 0.1) is 22.9 Å². The standard InChI is InChI=1S/C23H25FN4O4S/c1-13-18-21(32-3)26-17(12-31-2)27-22(18)33-19(13)20(29)25-14-8-10-28(11-9-14)23(30)15-6-4-5-7-16(15)24/h4-7,14H,8-12H2,1-3H3,(H,25,29). The molecule has 0 spiro atoms. The average molecular weight is 473 g/mol. The number of aromatic nitrogens is 2. The van der Waals surface area contributed by atoms with Crippen molar-refractivity contribution in [1.29, 1.82) is 0 Å². The van der Waals surface area contributed by atoms with Gasteiger partial charge in [0, 0.05) is 26.2 Å². The Morgan fingerprint density at radius 2 is 1.94 bits per heavy atom. The molecule has 1 saturated heterocycles. The number of carbonyl (C=O) groups is 2. The highest BCUT2D eigenvalue weighted by atomic mass is 32.1. The summed E-state index contributed by atoms with van der Waals surface area (Å²) in [7, 11) is 3.10. The number of ether oxygens (including phenoxy) is 2. The Labute approximate surface area is 194 Å². The summed E-state index contributed by atoms with van der Waals surface area (Å²) >= 11 is 1.29. The number of amides is 2. The van der Waals surface area contributed by atoms with Crippen LogP contribution in [-0.4, -0.2) is 60.0 Å². The van der Waals surface area contributed by atoms with Crippen LogP contribution < -0.4 is 10.1 Å². The first kappa shape index (κ1) is 23.1. The highest BCUT2D eigenvalue weighted by molar-refractivity contribution is 7.20. The van der Waals surface area contributed by atoms with E-state index in [1.165, 1.54) is 30.6 Å². The fraction of sp³-hybridized carbons (Fsp3) is 0.391. The highest BCUT2D eigenvalue weighted by Gasteiger charge is 2.28. The highest BCUT2D eigenvalue weighted by Crippen LogP contribution is 2.35. The van der Waals surface area contributed by atoms with E-state index >= 15 is 0 Å². The molecule has 0 radical (unpaired) electrons. The van der Waals surface area contributed by atoms with E-state index in [-0.39, 0.29) is 30.0 Å². The number of rotatable bonds is 6. The molecule has 0 bridgehead atoms. The van der Waals surface area contributed by atoms with Crippen LogP contribution in [0, 0.1) is 12.7 Å². The van der Waals surface area contributed by atoms with Gasteiger partial charge in [-0.15, -0.1) is 11.3 Å². The Balaban J connectivity index is 1.44. The molecule has 174 valence electrons. The molecule has 1 aliphatic heterocycles. The predicted molar refractivity (Wildman–Crippen MR) is 122 cm³/mol. The van der Waals surface area contributed by atoms with E-state index in [2.05, 4.69) is 15.3 Å². The van der Waals surface area contributed by atoms with Crippen LogP contribution in [0.2, 0.25) is 0 Å². The molecule has 2 amide bonds. The third kappa shape index (κ3) is 4.67. The molecule has 0 atom stereocenters. The zero-order valence-electron chi connectivity index (χ0n) is 18.7. The number of halogens is 1. The van der Waals surface area contributed by atoms with Crippen LogP contribution in [0.25, 0.3) is 10.2 Å². The molecular formula is C23H25FN4O4S. The molecule has 1 N–H and O–H groups in total. The molecule has 3 aromatic rings. The monoisotopic (exact) mass is 472 g/mol. The Kier molecular flexibility index (Phi) is 6.85. The molecule has 10 heteroatoms. The molecule has 1 fully saturated rings. The van der Waals surface area contributed by atoms with E-state index in [0.717, 1.165) is 10.9 Å². The van der Waals surface area contributed by atoms with Crippen molar-refractivity contribution in [3.05, 3.63) is 51.9 Å². The lowest BCUT2D eigenvalue weighted by Crippen LogP contribution is -2.46. The zero-order chi connectivity index (χ0) is 23.5. The number of piperidine rings is 1. The van der Waals surface area contributed by atoms with E-state index in [4.69, 9.17) is 9.47 Å². The Bertz CT molecular complexity index is 1190.